The minimum Gasteiger partial charge on any atom is -0.480 e. The van der Waals surface area contributed by atoms with Gasteiger partial charge >= 0.3 is 5.97 Å². The molecule has 5 N–H and O–H groups in total. The molecule has 0 heterocycles. The molecule has 0 saturated carbocycles. The second-order valence-corrected chi connectivity index (χ2v) is 4.21. The van der Waals surface area contributed by atoms with Gasteiger partial charge < -0.3 is 21.3 Å². The molecule has 0 bridgehead atoms. The van der Waals surface area contributed by atoms with Crippen molar-refractivity contribution < 1.29 is 19.8 Å². The van der Waals surface area contributed by atoms with Crippen LogP contribution in [-0.4, -0.2) is 34.7 Å². The third-order valence-corrected chi connectivity index (χ3v) is 2.75. The van der Waals surface area contributed by atoms with Crippen molar-refractivity contribution in [3.8, 4) is 0 Å². The van der Waals surface area contributed by atoms with E-state index < -0.39 is 24.5 Å². The smallest absolute Gasteiger partial charge is 0.328 e. The number of nitrogen functional groups attached to an aromatic ring is 1. The summed E-state index contributed by atoms with van der Waals surface area (Å²) >= 11 is 11.5. The number of benzene rings is 1. The molecule has 6 nitrogen and oxygen atoms in total. The molecule has 0 saturated heterocycles. The summed E-state index contributed by atoms with van der Waals surface area (Å²) in [6.45, 7) is -0.725. The average molecular weight is 293 g/mol. The number of halogens is 2. The van der Waals surface area contributed by atoms with E-state index in [2.05, 4.69) is 5.32 Å². The second kappa shape index (κ2) is 5.90. The van der Waals surface area contributed by atoms with Gasteiger partial charge in [0.1, 0.15) is 0 Å². The van der Waals surface area contributed by atoms with Gasteiger partial charge in [-0.3, -0.25) is 4.79 Å². The summed E-state index contributed by atoms with van der Waals surface area (Å²) in [6, 6.07) is 1.12. The van der Waals surface area contributed by atoms with Crippen molar-refractivity contribution >= 4 is 40.8 Å². The van der Waals surface area contributed by atoms with Crippen LogP contribution < -0.4 is 11.1 Å². The van der Waals surface area contributed by atoms with Crippen LogP contribution in [0.2, 0.25) is 10.0 Å². The minimum atomic E-state index is -1.40. The molecule has 1 rings (SSSR count). The number of amides is 1. The third-order valence-electron chi connectivity index (χ3n) is 2.13. The molecule has 1 aromatic carbocycles. The molecular formula is C10H10Cl2N2O4. The summed E-state index contributed by atoms with van der Waals surface area (Å²) in [4.78, 5) is 22.3. The molecule has 18 heavy (non-hydrogen) atoms. The topological polar surface area (TPSA) is 113 Å². The quantitative estimate of drug-likeness (QED) is 0.612. The molecule has 8 heteroatoms. The summed E-state index contributed by atoms with van der Waals surface area (Å²) in [5.41, 5.74) is 5.68. The lowest BCUT2D eigenvalue weighted by molar-refractivity contribution is -0.140. The van der Waals surface area contributed by atoms with Gasteiger partial charge in [0.05, 0.1) is 22.3 Å². The number of rotatable bonds is 4. The van der Waals surface area contributed by atoms with Crippen molar-refractivity contribution in [1.82, 2.24) is 5.32 Å². The molecule has 1 aromatic rings. The average Bonchev–Trinajstić information content (AvgIpc) is 2.31. The monoisotopic (exact) mass is 292 g/mol. The molecule has 0 aliphatic rings. The fraction of sp³-hybridized carbons (Fsp3) is 0.200. The number of nitrogens with two attached hydrogens (primary N) is 1. The molecule has 1 amide bonds. The van der Waals surface area contributed by atoms with E-state index in [1.807, 2.05) is 0 Å². The minimum absolute atomic E-state index is 0.0545. The Hall–Kier alpha value is -1.50. The first-order valence-electron chi connectivity index (χ1n) is 4.76. The Kier molecular flexibility index (Phi) is 4.77. The van der Waals surface area contributed by atoms with E-state index in [1.165, 1.54) is 12.1 Å². The van der Waals surface area contributed by atoms with Crippen LogP contribution >= 0.6 is 23.2 Å². The van der Waals surface area contributed by atoms with Gasteiger partial charge in [-0.1, -0.05) is 23.2 Å². The number of hydrogen-bond acceptors (Lipinski definition) is 4. The van der Waals surface area contributed by atoms with Gasteiger partial charge in [-0.25, -0.2) is 4.79 Å². The molecule has 0 fully saturated rings. The van der Waals surface area contributed by atoms with Crippen LogP contribution in [0, 0.1) is 0 Å². The molecule has 0 spiro atoms. The number of carboxylic acid groups (broad SMARTS) is 1. The number of carbonyl (C=O) groups excluding carboxylic acids is 1. The largest absolute Gasteiger partial charge is 0.480 e. The zero-order valence-electron chi connectivity index (χ0n) is 8.98. The first-order chi connectivity index (χ1) is 8.36. The van der Waals surface area contributed by atoms with E-state index in [0.29, 0.717) is 0 Å². The lowest BCUT2D eigenvalue weighted by Gasteiger charge is -2.12. The van der Waals surface area contributed by atoms with E-state index in [1.54, 1.807) is 0 Å². The highest BCUT2D eigenvalue weighted by molar-refractivity contribution is 6.39. The van der Waals surface area contributed by atoms with Crippen molar-refractivity contribution in [3.05, 3.63) is 27.7 Å². The SMILES string of the molecule is Nc1c(Cl)cc(C(=O)N[C@H](CO)C(=O)O)cc1Cl. The predicted molar refractivity (Wildman–Crippen MR) is 66.9 cm³/mol. The van der Waals surface area contributed by atoms with Gasteiger partial charge in [0.25, 0.3) is 5.91 Å². The van der Waals surface area contributed by atoms with Crippen molar-refractivity contribution in [3.63, 3.8) is 0 Å². The Morgan fingerprint density at radius 2 is 1.83 bits per heavy atom. The van der Waals surface area contributed by atoms with Crippen LogP contribution in [0.25, 0.3) is 0 Å². The molecule has 1 atom stereocenters. The maximum atomic E-state index is 11.7. The Bertz CT molecular complexity index is 470. The number of anilines is 1. The number of aliphatic hydroxyl groups excluding tert-OH is 1. The normalized spacial score (nSPS) is 11.9. The van der Waals surface area contributed by atoms with Crippen molar-refractivity contribution in [2.24, 2.45) is 0 Å². The van der Waals surface area contributed by atoms with Gasteiger partial charge in [0.2, 0.25) is 0 Å². The number of aliphatic carboxylic acids is 1. The molecule has 0 aromatic heterocycles. The van der Waals surface area contributed by atoms with Gasteiger partial charge in [0.15, 0.2) is 6.04 Å². The summed E-state index contributed by atoms with van der Waals surface area (Å²) in [5, 5.41) is 19.7. The van der Waals surface area contributed by atoms with Crippen LogP contribution in [0.3, 0.4) is 0 Å². The molecule has 0 radical (unpaired) electrons. The highest BCUT2D eigenvalue weighted by Gasteiger charge is 2.20. The molecule has 98 valence electrons. The van der Waals surface area contributed by atoms with Gasteiger partial charge in [-0.15, -0.1) is 0 Å². The number of aliphatic hydroxyl groups is 1. The zero-order valence-corrected chi connectivity index (χ0v) is 10.5. The molecular weight excluding hydrogens is 283 g/mol. The first kappa shape index (κ1) is 14.6. The standard InChI is InChI=1S/C10H10Cl2N2O4/c11-5-1-4(2-6(12)8(5)13)9(16)14-7(3-15)10(17)18/h1-2,7,15H,3,13H2,(H,14,16)(H,17,18)/t7-/m1/s1. The van der Waals surface area contributed by atoms with Crippen LogP contribution in [0.5, 0.6) is 0 Å². The Balaban J connectivity index is 2.94. The molecule has 0 unspecified atom stereocenters. The van der Waals surface area contributed by atoms with Crippen LogP contribution in [0.4, 0.5) is 5.69 Å². The summed E-state index contributed by atoms with van der Waals surface area (Å²) in [7, 11) is 0. The molecule has 0 aliphatic carbocycles. The van der Waals surface area contributed by atoms with Crippen LogP contribution in [0.15, 0.2) is 12.1 Å². The van der Waals surface area contributed by atoms with E-state index in [0.717, 1.165) is 0 Å². The van der Waals surface area contributed by atoms with E-state index in [4.69, 9.17) is 39.1 Å². The second-order valence-electron chi connectivity index (χ2n) is 3.40. The van der Waals surface area contributed by atoms with Crippen LogP contribution in [0.1, 0.15) is 10.4 Å². The maximum Gasteiger partial charge on any atom is 0.328 e. The van der Waals surface area contributed by atoms with Crippen molar-refractivity contribution in [2.45, 2.75) is 6.04 Å². The Morgan fingerprint density at radius 3 is 2.22 bits per heavy atom. The third kappa shape index (κ3) is 3.25. The van der Waals surface area contributed by atoms with Gasteiger partial charge in [0, 0.05) is 5.56 Å². The van der Waals surface area contributed by atoms with Crippen molar-refractivity contribution in [1.29, 1.82) is 0 Å². The zero-order chi connectivity index (χ0) is 13.9. The lowest BCUT2D eigenvalue weighted by atomic mass is 10.1. The fourth-order valence-electron chi connectivity index (χ4n) is 1.14. The Labute approximate surface area is 112 Å². The highest BCUT2D eigenvalue weighted by Crippen LogP contribution is 2.28. The predicted octanol–water partition coefficient (Wildman–Crippen LogP) is 0.751. The highest BCUT2D eigenvalue weighted by atomic mass is 35.5. The van der Waals surface area contributed by atoms with Crippen LogP contribution in [-0.2, 0) is 4.79 Å². The van der Waals surface area contributed by atoms with E-state index in [-0.39, 0.29) is 21.3 Å². The number of nitrogens with one attached hydrogen (secondary N) is 1. The fourth-order valence-corrected chi connectivity index (χ4v) is 1.63. The number of carbonyl (C=O) groups is 2. The number of carboxylic acids is 1. The van der Waals surface area contributed by atoms with Gasteiger partial charge in [-0.2, -0.15) is 0 Å². The maximum absolute atomic E-state index is 11.7. The van der Waals surface area contributed by atoms with E-state index >= 15 is 0 Å². The van der Waals surface area contributed by atoms with Crippen molar-refractivity contribution in [2.75, 3.05) is 12.3 Å². The summed E-state index contributed by atoms with van der Waals surface area (Å²) < 4.78 is 0. The Morgan fingerprint density at radius 1 is 1.33 bits per heavy atom. The lowest BCUT2D eigenvalue weighted by Crippen LogP contribution is -2.43. The molecule has 0 aliphatic heterocycles. The summed E-state index contributed by atoms with van der Waals surface area (Å²) in [6.07, 6.45) is 0. The number of hydrogen-bond donors (Lipinski definition) is 4. The first-order valence-corrected chi connectivity index (χ1v) is 5.51. The van der Waals surface area contributed by atoms with Gasteiger partial charge in [-0.05, 0) is 12.1 Å². The van der Waals surface area contributed by atoms with E-state index in [9.17, 15) is 9.59 Å². The summed E-state index contributed by atoms with van der Waals surface area (Å²) in [5.74, 6) is -2.07.